The van der Waals surface area contributed by atoms with E-state index in [1.54, 1.807) is 24.3 Å². The first-order valence-electron chi connectivity index (χ1n) is 8.52. The molecule has 0 aromatic heterocycles. The highest BCUT2D eigenvalue weighted by atomic mass is 31.2. The van der Waals surface area contributed by atoms with E-state index in [4.69, 9.17) is 13.8 Å². The number of hydrogen-bond acceptors (Lipinski definition) is 4. The minimum Gasteiger partial charge on any atom is -0.404 e. The van der Waals surface area contributed by atoms with Gasteiger partial charge >= 0.3 is 7.82 Å². The lowest BCUT2D eigenvalue weighted by molar-refractivity contribution is -0.0113. The molecule has 1 aliphatic rings. The molecule has 5 nitrogen and oxygen atoms in total. The van der Waals surface area contributed by atoms with Gasteiger partial charge in [-0.15, -0.1) is 0 Å². The Hall–Kier alpha value is -1.65. The number of hydrogen-bond donors (Lipinski definition) is 1. The lowest BCUT2D eigenvalue weighted by atomic mass is 9.95. The van der Waals surface area contributed by atoms with Gasteiger partial charge in [0.15, 0.2) is 0 Å². The van der Waals surface area contributed by atoms with Crippen molar-refractivity contribution in [3.8, 4) is 5.75 Å². The molecule has 1 N–H and O–H groups in total. The summed E-state index contributed by atoms with van der Waals surface area (Å²) >= 11 is 0. The summed E-state index contributed by atoms with van der Waals surface area (Å²) in [5, 5.41) is 0. The fourth-order valence-electron chi connectivity index (χ4n) is 2.92. The first-order chi connectivity index (χ1) is 12.1. The molecule has 0 amide bonds. The molecule has 2 aromatic rings. The maximum absolute atomic E-state index is 12.1. The molecule has 1 atom stereocenters. The SMILES string of the molecule is O=P(O)(Oc1ccccc1)OC1CCC(OCc2ccccc2)CC1. The van der Waals surface area contributed by atoms with Crippen LogP contribution in [0.25, 0.3) is 0 Å². The Morgan fingerprint density at radius 1 is 0.880 bits per heavy atom. The summed E-state index contributed by atoms with van der Waals surface area (Å²) < 4.78 is 28.5. The average molecular weight is 362 g/mol. The maximum Gasteiger partial charge on any atom is 0.527 e. The summed E-state index contributed by atoms with van der Waals surface area (Å²) in [5.41, 5.74) is 1.15. The monoisotopic (exact) mass is 362 g/mol. The van der Waals surface area contributed by atoms with Crippen molar-refractivity contribution in [1.29, 1.82) is 0 Å². The predicted molar refractivity (Wildman–Crippen MR) is 95.3 cm³/mol. The van der Waals surface area contributed by atoms with Crippen molar-refractivity contribution in [3.63, 3.8) is 0 Å². The van der Waals surface area contributed by atoms with Gasteiger partial charge in [-0.25, -0.2) is 4.57 Å². The summed E-state index contributed by atoms with van der Waals surface area (Å²) in [6.07, 6.45) is 2.86. The van der Waals surface area contributed by atoms with Crippen LogP contribution in [-0.4, -0.2) is 17.1 Å². The second kappa shape index (κ2) is 8.63. The molecule has 0 saturated heterocycles. The molecule has 0 aliphatic heterocycles. The molecule has 1 unspecified atom stereocenters. The van der Waals surface area contributed by atoms with E-state index in [0.29, 0.717) is 25.2 Å². The Balaban J connectivity index is 1.42. The minimum atomic E-state index is -4.11. The van der Waals surface area contributed by atoms with E-state index < -0.39 is 7.82 Å². The van der Waals surface area contributed by atoms with Crippen LogP contribution in [0.2, 0.25) is 0 Å². The van der Waals surface area contributed by atoms with E-state index in [-0.39, 0.29) is 12.2 Å². The molecule has 0 radical (unpaired) electrons. The molecule has 1 fully saturated rings. The summed E-state index contributed by atoms with van der Waals surface area (Å²) in [5.74, 6) is 0.327. The van der Waals surface area contributed by atoms with Gasteiger partial charge in [0.1, 0.15) is 5.75 Å². The van der Waals surface area contributed by atoms with Gasteiger partial charge in [-0.05, 0) is 43.4 Å². The molecule has 0 spiro atoms. The summed E-state index contributed by atoms with van der Waals surface area (Å²) in [7, 11) is -4.11. The Morgan fingerprint density at radius 2 is 1.44 bits per heavy atom. The summed E-state index contributed by atoms with van der Waals surface area (Å²) in [6.45, 7) is 0.590. The molecule has 0 heterocycles. The van der Waals surface area contributed by atoms with Gasteiger partial charge < -0.3 is 9.26 Å². The Kier molecular flexibility index (Phi) is 6.27. The molecule has 0 bridgehead atoms. The summed E-state index contributed by atoms with van der Waals surface area (Å²) in [6, 6.07) is 18.6. The number of para-hydroxylation sites is 1. The minimum absolute atomic E-state index is 0.160. The van der Waals surface area contributed by atoms with E-state index in [9.17, 15) is 9.46 Å². The largest absolute Gasteiger partial charge is 0.527 e. The molecule has 2 aromatic carbocycles. The topological polar surface area (TPSA) is 65.0 Å². The highest BCUT2D eigenvalue weighted by Gasteiger charge is 2.31. The van der Waals surface area contributed by atoms with Crippen molar-refractivity contribution in [3.05, 3.63) is 66.2 Å². The van der Waals surface area contributed by atoms with Crippen molar-refractivity contribution in [2.75, 3.05) is 0 Å². The fourth-order valence-corrected chi connectivity index (χ4v) is 3.94. The van der Waals surface area contributed by atoms with Crippen LogP contribution in [0, 0.1) is 0 Å². The second-order valence-corrected chi connectivity index (χ2v) is 7.50. The zero-order valence-corrected chi connectivity index (χ0v) is 14.9. The third-order valence-corrected chi connectivity index (χ3v) is 5.20. The highest BCUT2D eigenvalue weighted by molar-refractivity contribution is 7.47. The number of phosphoric acid groups is 1. The molecular weight excluding hydrogens is 339 g/mol. The zero-order valence-electron chi connectivity index (χ0n) is 14.0. The highest BCUT2D eigenvalue weighted by Crippen LogP contribution is 2.47. The molecule has 3 rings (SSSR count). The second-order valence-electron chi connectivity index (χ2n) is 6.17. The van der Waals surface area contributed by atoms with Crippen LogP contribution in [-0.2, 0) is 20.4 Å². The van der Waals surface area contributed by atoms with Crippen LogP contribution in [0.15, 0.2) is 60.7 Å². The van der Waals surface area contributed by atoms with Gasteiger partial charge in [-0.1, -0.05) is 48.5 Å². The van der Waals surface area contributed by atoms with Gasteiger partial charge in [0.05, 0.1) is 18.8 Å². The lowest BCUT2D eigenvalue weighted by Crippen LogP contribution is -2.26. The molecule has 6 heteroatoms. The van der Waals surface area contributed by atoms with Crippen LogP contribution >= 0.6 is 7.82 Å². The summed E-state index contributed by atoms with van der Waals surface area (Å²) in [4.78, 5) is 9.92. The zero-order chi connectivity index (χ0) is 17.5. The number of benzene rings is 2. The van der Waals surface area contributed by atoms with Crippen LogP contribution < -0.4 is 4.52 Å². The van der Waals surface area contributed by atoms with Gasteiger partial charge in [-0.3, -0.25) is 9.42 Å². The van der Waals surface area contributed by atoms with E-state index in [1.165, 1.54) is 0 Å². The Morgan fingerprint density at radius 3 is 2.08 bits per heavy atom. The van der Waals surface area contributed by atoms with Crippen molar-refractivity contribution < 1.29 is 23.2 Å². The maximum atomic E-state index is 12.1. The molecule has 1 aliphatic carbocycles. The van der Waals surface area contributed by atoms with Crippen LogP contribution in [0.5, 0.6) is 5.75 Å². The van der Waals surface area contributed by atoms with Gasteiger partial charge in [-0.2, -0.15) is 0 Å². The van der Waals surface area contributed by atoms with Gasteiger partial charge in [0.2, 0.25) is 0 Å². The van der Waals surface area contributed by atoms with E-state index >= 15 is 0 Å². The molecular formula is C19H23O5P. The number of phosphoric ester groups is 1. The van der Waals surface area contributed by atoms with Crippen LogP contribution in [0.4, 0.5) is 0 Å². The Labute approximate surface area is 148 Å². The van der Waals surface area contributed by atoms with E-state index in [2.05, 4.69) is 0 Å². The molecule has 134 valence electrons. The fraction of sp³-hybridized carbons (Fsp3) is 0.368. The predicted octanol–water partition coefficient (Wildman–Crippen LogP) is 4.71. The lowest BCUT2D eigenvalue weighted by Gasteiger charge is -2.29. The molecule has 25 heavy (non-hydrogen) atoms. The third kappa shape index (κ3) is 5.98. The van der Waals surface area contributed by atoms with Crippen molar-refractivity contribution in [2.45, 2.75) is 44.5 Å². The van der Waals surface area contributed by atoms with Crippen LogP contribution in [0.3, 0.4) is 0 Å². The van der Waals surface area contributed by atoms with Crippen LogP contribution in [0.1, 0.15) is 31.2 Å². The first-order valence-corrected chi connectivity index (χ1v) is 10.0. The number of ether oxygens (including phenoxy) is 1. The van der Waals surface area contributed by atoms with E-state index in [1.807, 2.05) is 36.4 Å². The van der Waals surface area contributed by atoms with Gasteiger partial charge in [0, 0.05) is 0 Å². The van der Waals surface area contributed by atoms with Crippen molar-refractivity contribution in [1.82, 2.24) is 0 Å². The first kappa shape index (κ1) is 18.2. The average Bonchev–Trinajstić information content (AvgIpc) is 2.62. The molecule has 1 saturated carbocycles. The number of rotatable bonds is 7. The third-order valence-electron chi connectivity index (χ3n) is 4.20. The Bertz CT molecular complexity index is 683. The standard InChI is InChI=1S/C19H23O5P/c20-25(21,23-18-9-5-2-6-10-18)24-19-13-11-17(12-14-19)22-15-16-7-3-1-4-8-16/h1-10,17,19H,11-15H2,(H,20,21). The van der Waals surface area contributed by atoms with E-state index in [0.717, 1.165) is 18.4 Å². The quantitative estimate of drug-likeness (QED) is 0.723. The normalized spacial score (nSPS) is 22.9. The van der Waals surface area contributed by atoms with Gasteiger partial charge in [0.25, 0.3) is 0 Å². The van der Waals surface area contributed by atoms with Crippen molar-refractivity contribution in [2.24, 2.45) is 0 Å². The smallest absolute Gasteiger partial charge is 0.404 e. The van der Waals surface area contributed by atoms with Crippen molar-refractivity contribution >= 4 is 7.82 Å².